The molecule has 0 bridgehead atoms. The number of aliphatic hydroxyl groups is 1. The van der Waals surface area contributed by atoms with E-state index in [-0.39, 0.29) is 23.5 Å². The van der Waals surface area contributed by atoms with E-state index in [9.17, 15) is 19.8 Å². The number of aryl methyl sites for hydroxylation is 1. The van der Waals surface area contributed by atoms with Crippen LogP contribution >= 0.6 is 0 Å². The predicted molar refractivity (Wildman–Crippen MR) is 123 cm³/mol. The zero-order chi connectivity index (χ0) is 22.9. The molecule has 8 nitrogen and oxygen atoms in total. The quantitative estimate of drug-likeness (QED) is 0.722. The van der Waals surface area contributed by atoms with E-state index in [1.807, 2.05) is 19.9 Å². The normalized spacial score (nSPS) is 28.4. The summed E-state index contributed by atoms with van der Waals surface area (Å²) in [6.45, 7) is 6.69. The number of carbonyl (C=O) groups is 2. The standard InChI is InChI=1S/C24H36N4O4/c1-3-11-28(23(31)32)19-14-17(2)21(25-15-19)26-12-4-9-24(16-26)10-13-27(22(24)30)18-5-7-20(29)8-6-18/h14-15,18,20,29H,3-13,16H2,1-2H3,(H,31,32)/t18-,20-,24-/m0/s1. The number of carbonyl (C=O) groups excluding carboxylic acids is 1. The molecule has 2 amide bonds. The summed E-state index contributed by atoms with van der Waals surface area (Å²) in [4.78, 5) is 35.5. The van der Waals surface area contributed by atoms with E-state index in [0.29, 0.717) is 18.8 Å². The van der Waals surface area contributed by atoms with Crippen molar-refractivity contribution in [3.05, 3.63) is 17.8 Å². The Labute approximate surface area is 190 Å². The van der Waals surface area contributed by atoms with E-state index >= 15 is 0 Å². The highest BCUT2D eigenvalue weighted by atomic mass is 16.4. The largest absolute Gasteiger partial charge is 0.465 e. The number of aromatic nitrogens is 1. The third-order valence-corrected chi connectivity index (χ3v) is 7.56. The molecule has 2 aliphatic heterocycles. The van der Waals surface area contributed by atoms with E-state index in [0.717, 1.165) is 75.8 Å². The van der Waals surface area contributed by atoms with Gasteiger partial charge in [0.1, 0.15) is 5.82 Å². The lowest BCUT2D eigenvalue weighted by Gasteiger charge is -2.41. The molecule has 1 aromatic heterocycles. The number of pyridine rings is 1. The molecule has 3 fully saturated rings. The zero-order valence-corrected chi connectivity index (χ0v) is 19.3. The number of hydrogen-bond donors (Lipinski definition) is 2. The van der Waals surface area contributed by atoms with Crippen LogP contribution in [0, 0.1) is 12.3 Å². The van der Waals surface area contributed by atoms with Gasteiger partial charge in [0, 0.05) is 32.2 Å². The number of aliphatic hydroxyl groups excluding tert-OH is 1. The van der Waals surface area contributed by atoms with Gasteiger partial charge in [-0.05, 0) is 69.9 Å². The number of carboxylic acid groups (broad SMARTS) is 1. The predicted octanol–water partition coefficient (Wildman–Crippen LogP) is 3.41. The average Bonchev–Trinajstić information content (AvgIpc) is 3.07. The Morgan fingerprint density at radius 2 is 2.00 bits per heavy atom. The van der Waals surface area contributed by atoms with Gasteiger partial charge in [-0.25, -0.2) is 9.78 Å². The molecule has 0 radical (unpaired) electrons. The van der Waals surface area contributed by atoms with Gasteiger partial charge in [0.25, 0.3) is 0 Å². The zero-order valence-electron chi connectivity index (χ0n) is 19.3. The molecule has 4 rings (SSSR count). The van der Waals surface area contributed by atoms with Crippen molar-refractivity contribution in [3.8, 4) is 0 Å². The number of amides is 2. The van der Waals surface area contributed by atoms with E-state index in [4.69, 9.17) is 0 Å². The van der Waals surface area contributed by atoms with E-state index in [1.54, 1.807) is 6.20 Å². The summed E-state index contributed by atoms with van der Waals surface area (Å²) in [5, 5.41) is 19.3. The second kappa shape index (κ2) is 9.25. The molecular weight excluding hydrogens is 408 g/mol. The Morgan fingerprint density at radius 1 is 1.25 bits per heavy atom. The first-order valence-electron chi connectivity index (χ1n) is 12.1. The third-order valence-electron chi connectivity index (χ3n) is 7.56. The van der Waals surface area contributed by atoms with E-state index in [1.165, 1.54) is 4.90 Å². The van der Waals surface area contributed by atoms with Crippen LogP contribution in [0.15, 0.2) is 12.3 Å². The van der Waals surface area contributed by atoms with Crippen LogP contribution in [0.5, 0.6) is 0 Å². The highest BCUT2D eigenvalue weighted by Crippen LogP contribution is 2.43. The summed E-state index contributed by atoms with van der Waals surface area (Å²) in [5.74, 6) is 1.12. The molecule has 176 valence electrons. The summed E-state index contributed by atoms with van der Waals surface area (Å²) < 4.78 is 0. The fraction of sp³-hybridized carbons (Fsp3) is 0.708. The first-order valence-corrected chi connectivity index (χ1v) is 12.1. The van der Waals surface area contributed by atoms with Crippen LogP contribution in [0.4, 0.5) is 16.3 Å². The Morgan fingerprint density at radius 3 is 2.66 bits per heavy atom. The molecule has 8 heteroatoms. The van der Waals surface area contributed by atoms with Gasteiger partial charge >= 0.3 is 6.09 Å². The summed E-state index contributed by atoms with van der Waals surface area (Å²) in [7, 11) is 0. The first kappa shape index (κ1) is 22.8. The number of rotatable bonds is 5. The minimum atomic E-state index is -0.968. The maximum atomic E-state index is 13.6. The van der Waals surface area contributed by atoms with E-state index in [2.05, 4.69) is 14.8 Å². The smallest absolute Gasteiger partial charge is 0.411 e. The van der Waals surface area contributed by atoms with Gasteiger partial charge in [0.2, 0.25) is 5.91 Å². The van der Waals surface area contributed by atoms with Crippen molar-refractivity contribution in [2.24, 2.45) is 5.41 Å². The maximum absolute atomic E-state index is 13.6. The van der Waals surface area contributed by atoms with Crippen molar-refractivity contribution >= 4 is 23.5 Å². The van der Waals surface area contributed by atoms with Crippen molar-refractivity contribution in [3.63, 3.8) is 0 Å². The highest BCUT2D eigenvalue weighted by Gasteiger charge is 2.50. The molecule has 32 heavy (non-hydrogen) atoms. The Kier molecular flexibility index (Phi) is 6.60. The lowest BCUT2D eigenvalue weighted by Crippen LogP contribution is -2.50. The third kappa shape index (κ3) is 4.29. The number of hydrogen-bond acceptors (Lipinski definition) is 5. The van der Waals surface area contributed by atoms with Crippen molar-refractivity contribution in [1.82, 2.24) is 9.88 Å². The van der Waals surface area contributed by atoms with Crippen molar-refractivity contribution in [2.45, 2.75) is 77.4 Å². The van der Waals surface area contributed by atoms with Crippen LogP contribution in [0.3, 0.4) is 0 Å². The SMILES string of the molecule is CCCN(C(=O)O)c1cnc(N2CCC[C@]3(CCN([C@H]4CC[C@H](O)CC4)C3=O)C2)c(C)c1. The monoisotopic (exact) mass is 444 g/mol. The first-order chi connectivity index (χ1) is 15.3. The number of likely N-dealkylation sites (tertiary alicyclic amines) is 1. The Bertz CT molecular complexity index is 854. The molecule has 1 aliphatic carbocycles. The summed E-state index contributed by atoms with van der Waals surface area (Å²) >= 11 is 0. The van der Waals surface area contributed by atoms with Gasteiger partial charge in [0.05, 0.1) is 23.4 Å². The number of nitrogens with zero attached hydrogens (tertiary/aromatic N) is 4. The second-order valence-electron chi connectivity index (χ2n) is 9.78. The topological polar surface area (TPSA) is 97.2 Å². The van der Waals surface area contributed by atoms with Gasteiger partial charge in [-0.1, -0.05) is 6.92 Å². The fourth-order valence-corrected chi connectivity index (χ4v) is 5.85. The van der Waals surface area contributed by atoms with Crippen molar-refractivity contribution < 1.29 is 19.8 Å². The minimum absolute atomic E-state index is 0.213. The van der Waals surface area contributed by atoms with Crippen LogP contribution in [-0.2, 0) is 4.79 Å². The molecule has 2 N–H and O–H groups in total. The summed E-state index contributed by atoms with van der Waals surface area (Å²) in [5.41, 5.74) is 1.18. The lowest BCUT2D eigenvalue weighted by molar-refractivity contribution is -0.139. The van der Waals surface area contributed by atoms with Crippen LogP contribution in [0.1, 0.15) is 63.9 Å². The summed E-state index contributed by atoms with van der Waals surface area (Å²) in [6.07, 6.45) is 7.30. The molecule has 3 aliphatic rings. The molecule has 1 spiro atoms. The van der Waals surface area contributed by atoms with Crippen LogP contribution in [-0.4, -0.2) is 70.4 Å². The maximum Gasteiger partial charge on any atom is 0.411 e. The Balaban J connectivity index is 1.49. The van der Waals surface area contributed by atoms with Crippen molar-refractivity contribution in [1.29, 1.82) is 0 Å². The highest BCUT2D eigenvalue weighted by molar-refractivity contribution is 5.87. The summed E-state index contributed by atoms with van der Waals surface area (Å²) in [6, 6.07) is 2.16. The number of anilines is 2. The fourth-order valence-electron chi connectivity index (χ4n) is 5.85. The van der Waals surface area contributed by atoms with E-state index < -0.39 is 6.09 Å². The van der Waals surface area contributed by atoms with Crippen LogP contribution in [0.2, 0.25) is 0 Å². The van der Waals surface area contributed by atoms with Gasteiger partial charge in [-0.3, -0.25) is 9.69 Å². The van der Waals surface area contributed by atoms with Gasteiger partial charge in [-0.15, -0.1) is 0 Å². The minimum Gasteiger partial charge on any atom is -0.465 e. The molecule has 2 saturated heterocycles. The molecule has 0 unspecified atom stereocenters. The van der Waals surface area contributed by atoms with Crippen LogP contribution in [0.25, 0.3) is 0 Å². The molecule has 3 heterocycles. The van der Waals surface area contributed by atoms with Crippen molar-refractivity contribution in [2.75, 3.05) is 36.0 Å². The molecule has 1 atom stereocenters. The van der Waals surface area contributed by atoms with Crippen LogP contribution < -0.4 is 9.80 Å². The van der Waals surface area contributed by atoms with Gasteiger partial charge in [0.15, 0.2) is 0 Å². The number of piperidine rings is 1. The molecule has 1 aromatic rings. The molecule has 0 aromatic carbocycles. The lowest BCUT2D eigenvalue weighted by atomic mass is 9.78. The Hall–Kier alpha value is -2.35. The molecule has 1 saturated carbocycles. The molecular formula is C24H36N4O4. The second-order valence-corrected chi connectivity index (χ2v) is 9.78. The average molecular weight is 445 g/mol. The van der Waals surface area contributed by atoms with Gasteiger partial charge < -0.3 is 20.0 Å². The van der Waals surface area contributed by atoms with Gasteiger partial charge in [-0.2, -0.15) is 0 Å².